The number of amides is 1. The summed E-state index contributed by atoms with van der Waals surface area (Å²) in [5.74, 6) is -0.972. The fourth-order valence-electron chi connectivity index (χ4n) is 1.22. The van der Waals surface area contributed by atoms with E-state index in [-0.39, 0.29) is 17.9 Å². The number of hydrogen-bond donors (Lipinski definition) is 2. The molecule has 0 aliphatic heterocycles. The van der Waals surface area contributed by atoms with Crippen LogP contribution in [0.5, 0.6) is 0 Å². The number of hydrogen-bond acceptors (Lipinski definition) is 4. The van der Waals surface area contributed by atoms with Crippen molar-refractivity contribution in [3.8, 4) is 0 Å². The summed E-state index contributed by atoms with van der Waals surface area (Å²) in [5, 5.41) is 2.25. The lowest BCUT2D eigenvalue weighted by atomic mass is 10.2. The van der Waals surface area contributed by atoms with Crippen LogP contribution in [0.1, 0.15) is 13.3 Å². The normalized spacial score (nSPS) is 10.9. The maximum atomic E-state index is 11.3. The minimum atomic E-state index is -4.41. The molecule has 1 aromatic carbocycles. The predicted molar refractivity (Wildman–Crippen MR) is 60.2 cm³/mol. The van der Waals surface area contributed by atoms with Crippen LogP contribution in [-0.4, -0.2) is 24.7 Å². The van der Waals surface area contributed by atoms with E-state index in [0.717, 1.165) is 6.07 Å². The van der Waals surface area contributed by atoms with Gasteiger partial charge in [0.2, 0.25) is 5.91 Å². The average molecular weight is 257 g/mol. The molecule has 0 saturated heterocycles. The molecule has 1 aromatic rings. The minimum Gasteiger partial charge on any atom is -0.324 e. The van der Waals surface area contributed by atoms with Gasteiger partial charge in [-0.2, -0.15) is 8.42 Å². The molecule has 0 bridgehead atoms. The van der Waals surface area contributed by atoms with E-state index < -0.39 is 20.9 Å². The molecule has 7 heteroatoms. The summed E-state index contributed by atoms with van der Waals surface area (Å²) in [7, 11) is -4.41. The van der Waals surface area contributed by atoms with E-state index in [2.05, 4.69) is 5.32 Å². The first-order valence-corrected chi connectivity index (χ1v) is 6.10. The number of nitrogens with one attached hydrogen (secondary N) is 1. The molecule has 1 amide bonds. The monoisotopic (exact) mass is 257 g/mol. The second-order valence-corrected chi connectivity index (χ2v) is 4.79. The minimum absolute atomic E-state index is 0.0544. The number of rotatable bonds is 4. The van der Waals surface area contributed by atoms with E-state index in [4.69, 9.17) is 4.55 Å². The summed E-state index contributed by atoms with van der Waals surface area (Å²) in [4.78, 5) is 21.6. The Labute approximate surface area is 98.4 Å². The van der Waals surface area contributed by atoms with Crippen LogP contribution in [0.3, 0.4) is 0 Å². The van der Waals surface area contributed by atoms with Crippen molar-refractivity contribution in [1.29, 1.82) is 0 Å². The zero-order chi connectivity index (χ0) is 13.1. The van der Waals surface area contributed by atoms with Gasteiger partial charge in [0.05, 0.1) is 12.1 Å². The van der Waals surface area contributed by atoms with Gasteiger partial charge < -0.3 is 5.32 Å². The van der Waals surface area contributed by atoms with Gasteiger partial charge in [0.1, 0.15) is 10.7 Å². The van der Waals surface area contributed by atoms with Gasteiger partial charge in [0, 0.05) is 0 Å². The highest BCUT2D eigenvalue weighted by atomic mass is 32.2. The molecule has 0 saturated carbocycles. The lowest BCUT2D eigenvalue weighted by molar-refractivity contribution is -0.124. The zero-order valence-electron chi connectivity index (χ0n) is 9.00. The molecule has 17 heavy (non-hydrogen) atoms. The summed E-state index contributed by atoms with van der Waals surface area (Å²) in [6.07, 6.45) is -0.347. The zero-order valence-corrected chi connectivity index (χ0v) is 9.82. The third-order valence-electron chi connectivity index (χ3n) is 1.85. The molecule has 2 N–H and O–H groups in total. The number of Topliss-reactive ketones (excluding diaryl/α,β-unsaturated/α-hetero) is 1. The Balaban J connectivity index is 3.00. The number of para-hydroxylation sites is 1. The molecule has 0 fully saturated rings. The van der Waals surface area contributed by atoms with E-state index in [9.17, 15) is 18.0 Å². The molecule has 0 atom stereocenters. The Morgan fingerprint density at radius 1 is 1.29 bits per heavy atom. The third-order valence-corrected chi connectivity index (χ3v) is 2.76. The molecule has 0 spiro atoms. The van der Waals surface area contributed by atoms with Crippen molar-refractivity contribution < 1.29 is 22.6 Å². The first-order valence-electron chi connectivity index (χ1n) is 4.66. The largest absolute Gasteiger partial charge is 0.324 e. The van der Waals surface area contributed by atoms with Gasteiger partial charge in [-0.15, -0.1) is 0 Å². The van der Waals surface area contributed by atoms with E-state index in [1.165, 1.54) is 25.1 Å². The van der Waals surface area contributed by atoms with Crippen LogP contribution in [0.25, 0.3) is 0 Å². The van der Waals surface area contributed by atoms with E-state index in [0.29, 0.717) is 0 Å². The SMILES string of the molecule is CC(=O)CC(=O)Nc1ccccc1S(=O)(=O)O. The van der Waals surface area contributed by atoms with E-state index in [1.54, 1.807) is 0 Å². The summed E-state index contributed by atoms with van der Waals surface area (Å²) in [5.41, 5.74) is -0.0544. The first kappa shape index (κ1) is 13.3. The molecule has 0 heterocycles. The summed E-state index contributed by atoms with van der Waals surface area (Å²) < 4.78 is 30.9. The Bertz CT molecular complexity index is 550. The van der Waals surface area contributed by atoms with E-state index >= 15 is 0 Å². The predicted octanol–water partition coefficient (Wildman–Crippen LogP) is 0.851. The van der Waals surface area contributed by atoms with Crippen molar-refractivity contribution in [3.63, 3.8) is 0 Å². The lowest BCUT2D eigenvalue weighted by Gasteiger charge is -2.07. The average Bonchev–Trinajstić information content (AvgIpc) is 2.15. The molecule has 1 rings (SSSR count). The van der Waals surface area contributed by atoms with Crippen molar-refractivity contribution in [1.82, 2.24) is 0 Å². The molecule has 0 radical (unpaired) electrons. The quantitative estimate of drug-likeness (QED) is 0.615. The topological polar surface area (TPSA) is 101 Å². The van der Waals surface area contributed by atoms with Gasteiger partial charge in [0.15, 0.2) is 0 Å². The molecule has 92 valence electrons. The Hall–Kier alpha value is -1.73. The molecule has 0 unspecified atom stereocenters. The van der Waals surface area contributed by atoms with Crippen molar-refractivity contribution >= 4 is 27.5 Å². The van der Waals surface area contributed by atoms with Gasteiger partial charge in [-0.3, -0.25) is 14.1 Å². The van der Waals surface area contributed by atoms with Crippen molar-refractivity contribution in [2.75, 3.05) is 5.32 Å². The van der Waals surface area contributed by atoms with Crippen LogP contribution in [0.15, 0.2) is 29.2 Å². The lowest BCUT2D eigenvalue weighted by Crippen LogP contribution is -2.16. The highest BCUT2D eigenvalue weighted by Crippen LogP contribution is 2.20. The van der Waals surface area contributed by atoms with Gasteiger partial charge in [0.25, 0.3) is 10.1 Å². The van der Waals surface area contributed by atoms with Crippen LogP contribution in [0.4, 0.5) is 5.69 Å². The first-order chi connectivity index (χ1) is 7.80. The highest BCUT2D eigenvalue weighted by Gasteiger charge is 2.16. The van der Waals surface area contributed by atoms with Crippen LogP contribution in [0.2, 0.25) is 0 Å². The number of carbonyl (C=O) groups is 2. The van der Waals surface area contributed by atoms with Gasteiger partial charge in [-0.25, -0.2) is 0 Å². The Morgan fingerprint density at radius 2 is 1.88 bits per heavy atom. The van der Waals surface area contributed by atoms with Crippen molar-refractivity contribution in [2.45, 2.75) is 18.2 Å². The van der Waals surface area contributed by atoms with Crippen LogP contribution in [-0.2, 0) is 19.7 Å². The molecule has 0 aliphatic rings. The molecular formula is C10H11NO5S. The maximum Gasteiger partial charge on any atom is 0.296 e. The number of anilines is 1. The molecular weight excluding hydrogens is 246 g/mol. The van der Waals surface area contributed by atoms with Gasteiger partial charge in [-0.1, -0.05) is 12.1 Å². The maximum absolute atomic E-state index is 11.3. The van der Waals surface area contributed by atoms with Crippen LogP contribution < -0.4 is 5.32 Å². The Morgan fingerprint density at radius 3 is 2.41 bits per heavy atom. The Kier molecular flexibility index (Phi) is 3.97. The highest BCUT2D eigenvalue weighted by molar-refractivity contribution is 7.86. The second kappa shape index (κ2) is 5.07. The fourth-order valence-corrected chi connectivity index (χ4v) is 1.86. The number of benzene rings is 1. The standard InChI is InChI=1S/C10H11NO5S/c1-7(12)6-10(13)11-8-4-2-3-5-9(8)17(14,15)16/h2-5H,6H2,1H3,(H,11,13)(H,14,15,16). The van der Waals surface area contributed by atoms with Crippen molar-refractivity contribution in [2.24, 2.45) is 0 Å². The fraction of sp³-hybridized carbons (Fsp3) is 0.200. The van der Waals surface area contributed by atoms with Crippen LogP contribution in [0, 0.1) is 0 Å². The van der Waals surface area contributed by atoms with Gasteiger partial charge in [-0.05, 0) is 19.1 Å². The molecule has 0 aromatic heterocycles. The number of ketones is 1. The molecule has 0 aliphatic carbocycles. The smallest absolute Gasteiger partial charge is 0.296 e. The second-order valence-electron chi connectivity index (χ2n) is 3.40. The van der Waals surface area contributed by atoms with Crippen LogP contribution >= 0.6 is 0 Å². The third kappa shape index (κ3) is 3.97. The van der Waals surface area contributed by atoms with Crippen molar-refractivity contribution in [3.05, 3.63) is 24.3 Å². The summed E-state index contributed by atoms with van der Waals surface area (Å²) in [6.45, 7) is 1.24. The summed E-state index contributed by atoms with van der Waals surface area (Å²) >= 11 is 0. The van der Waals surface area contributed by atoms with E-state index in [1.807, 2.05) is 0 Å². The number of carbonyl (C=O) groups excluding carboxylic acids is 2. The van der Waals surface area contributed by atoms with Gasteiger partial charge >= 0.3 is 0 Å². The molecule has 6 nitrogen and oxygen atoms in total. The summed E-state index contributed by atoms with van der Waals surface area (Å²) in [6, 6.07) is 5.38.